The molecule has 1 amide bonds. The minimum Gasteiger partial charge on any atom is -0.490 e. The van der Waals surface area contributed by atoms with Crippen molar-refractivity contribution in [3.8, 4) is 11.5 Å². The Balaban J connectivity index is 1.37. The standard InChI is InChI=1S/C24H27N3O4S/c1-14(2)22(15-7-8-17-18(11-15)31-10-4-9-30-17)26-20(28)12-27-13-25-23-21(24(27)29)16-5-3-6-19(16)32-23/h7-8,11,13-14,22H,3-6,9-10,12H2,1-2H3,(H,26,28). The van der Waals surface area contributed by atoms with Crippen molar-refractivity contribution in [1.82, 2.24) is 14.9 Å². The van der Waals surface area contributed by atoms with Crippen molar-refractivity contribution in [3.05, 3.63) is 50.9 Å². The van der Waals surface area contributed by atoms with E-state index in [0.29, 0.717) is 24.3 Å². The Hall–Kier alpha value is -2.87. The Labute approximate surface area is 190 Å². The summed E-state index contributed by atoms with van der Waals surface area (Å²) in [5.74, 6) is 1.37. The molecule has 0 bridgehead atoms. The Morgan fingerprint density at radius 3 is 2.81 bits per heavy atom. The topological polar surface area (TPSA) is 82.5 Å². The van der Waals surface area contributed by atoms with E-state index in [1.165, 1.54) is 15.8 Å². The van der Waals surface area contributed by atoms with Crippen molar-refractivity contribution in [2.45, 2.75) is 52.1 Å². The molecule has 5 rings (SSSR count). The largest absolute Gasteiger partial charge is 0.490 e. The Morgan fingerprint density at radius 2 is 2.00 bits per heavy atom. The number of hydrogen-bond donors (Lipinski definition) is 1. The zero-order valence-corrected chi connectivity index (χ0v) is 19.2. The molecule has 7 nitrogen and oxygen atoms in total. The molecule has 1 aromatic carbocycles. The van der Waals surface area contributed by atoms with Crippen LogP contribution in [0.5, 0.6) is 11.5 Å². The molecule has 1 N–H and O–H groups in total. The normalized spacial score (nSPS) is 16.1. The zero-order chi connectivity index (χ0) is 22.2. The van der Waals surface area contributed by atoms with Crippen LogP contribution in [0.3, 0.4) is 0 Å². The van der Waals surface area contributed by atoms with Gasteiger partial charge < -0.3 is 14.8 Å². The molecule has 0 saturated heterocycles. The van der Waals surface area contributed by atoms with E-state index in [2.05, 4.69) is 24.1 Å². The molecule has 1 aliphatic carbocycles. The van der Waals surface area contributed by atoms with Gasteiger partial charge in [-0.05, 0) is 48.4 Å². The molecule has 2 aliphatic rings. The molecule has 2 aromatic heterocycles. The number of fused-ring (bicyclic) bond motifs is 4. The number of rotatable bonds is 5. The fraction of sp³-hybridized carbons (Fsp3) is 0.458. The molecule has 8 heteroatoms. The molecule has 1 unspecified atom stereocenters. The van der Waals surface area contributed by atoms with Crippen LogP contribution in [0.25, 0.3) is 10.2 Å². The van der Waals surface area contributed by atoms with E-state index in [4.69, 9.17) is 9.47 Å². The number of ether oxygens (including phenoxy) is 2. The quantitative estimate of drug-likeness (QED) is 0.638. The second kappa shape index (κ2) is 8.58. The van der Waals surface area contributed by atoms with E-state index in [-0.39, 0.29) is 30.0 Å². The summed E-state index contributed by atoms with van der Waals surface area (Å²) in [6.45, 7) is 5.31. The number of hydrogen-bond acceptors (Lipinski definition) is 6. The average Bonchev–Trinajstić information content (AvgIpc) is 3.27. The van der Waals surface area contributed by atoms with Gasteiger partial charge in [-0.15, -0.1) is 11.3 Å². The molecule has 0 spiro atoms. The Morgan fingerprint density at radius 1 is 1.19 bits per heavy atom. The maximum Gasteiger partial charge on any atom is 0.262 e. The van der Waals surface area contributed by atoms with Crippen LogP contribution in [0, 0.1) is 5.92 Å². The van der Waals surface area contributed by atoms with Crippen molar-refractivity contribution >= 4 is 27.5 Å². The first kappa shape index (κ1) is 21.0. The highest BCUT2D eigenvalue weighted by molar-refractivity contribution is 7.18. The molecule has 0 fully saturated rings. The van der Waals surface area contributed by atoms with Gasteiger partial charge in [-0.2, -0.15) is 0 Å². The first-order chi connectivity index (χ1) is 15.5. The second-order valence-electron chi connectivity index (χ2n) is 8.76. The van der Waals surface area contributed by atoms with Gasteiger partial charge in [0.1, 0.15) is 11.4 Å². The van der Waals surface area contributed by atoms with Crippen molar-refractivity contribution in [2.75, 3.05) is 13.2 Å². The number of carbonyl (C=O) groups is 1. The van der Waals surface area contributed by atoms with Gasteiger partial charge >= 0.3 is 0 Å². The lowest BCUT2D eigenvalue weighted by molar-refractivity contribution is -0.122. The second-order valence-corrected chi connectivity index (χ2v) is 9.84. The predicted molar refractivity (Wildman–Crippen MR) is 124 cm³/mol. The number of aryl methyl sites for hydroxylation is 2. The molecule has 0 radical (unpaired) electrons. The number of aromatic nitrogens is 2. The summed E-state index contributed by atoms with van der Waals surface area (Å²) in [5, 5.41) is 3.80. The van der Waals surface area contributed by atoms with Gasteiger partial charge in [0.2, 0.25) is 5.91 Å². The van der Waals surface area contributed by atoms with Crippen LogP contribution < -0.4 is 20.3 Å². The Kier molecular flexibility index (Phi) is 5.63. The molecule has 3 aromatic rings. The van der Waals surface area contributed by atoms with Gasteiger partial charge in [-0.1, -0.05) is 19.9 Å². The molecule has 1 atom stereocenters. The lowest BCUT2D eigenvalue weighted by atomic mass is 9.95. The molecule has 3 heterocycles. The predicted octanol–water partition coefficient (Wildman–Crippen LogP) is 3.62. The van der Waals surface area contributed by atoms with Gasteiger partial charge in [0.25, 0.3) is 5.56 Å². The van der Waals surface area contributed by atoms with E-state index in [1.54, 1.807) is 11.3 Å². The monoisotopic (exact) mass is 453 g/mol. The van der Waals surface area contributed by atoms with Gasteiger partial charge in [0, 0.05) is 11.3 Å². The van der Waals surface area contributed by atoms with E-state index in [9.17, 15) is 9.59 Å². The SMILES string of the molecule is CC(C)C(NC(=O)Cn1cnc2sc3c(c2c1=O)CCC3)c1ccc2c(c1)OCCCO2. The molecule has 32 heavy (non-hydrogen) atoms. The maximum absolute atomic E-state index is 13.1. The molecule has 168 valence electrons. The van der Waals surface area contributed by atoms with Gasteiger partial charge in [0.15, 0.2) is 11.5 Å². The van der Waals surface area contributed by atoms with Crippen LogP contribution in [-0.4, -0.2) is 28.7 Å². The fourth-order valence-corrected chi connectivity index (χ4v) is 5.73. The number of nitrogens with zero attached hydrogens (tertiary/aromatic N) is 2. The first-order valence-corrected chi connectivity index (χ1v) is 12.0. The smallest absolute Gasteiger partial charge is 0.262 e. The van der Waals surface area contributed by atoms with Crippen LogP contribution in [0.1, 0.15) is 48.7 Å². The number of thiophene rings is 1. The molecular formula is C24H27N3O4S. The van der Waals surface area contributed by atoms with Crippen LogP contribution in [-0.2, 0) is 24.2 Å². The fourth-order valence-electron chi connectivity index (χ4n) is 4.51. The first-order valence-electron chi connectivity index (χ1n) is 11.2. The van der Waals surface area contributed by atoms with Crippen LogP contribution in [0.4, 0.5) is 0 Å². The minimum absolute atomic E-state index is 0.0554. The highest BCUT2D eigenvalue weighted by atomic mass is 32.1. The zero-order valence-electron chi connectivity index (χ0n) is 18.3. The highest BCUT2D eigenvalue weighted by Crippen LogP contribution is 2.35. The van der Waals surface area contributed by atoms with Crippen LogP contribution in [0.2, 0.25) is 0 Å². The van der Waals surface area contributed by atoms with E-state index < -0.39 is 0 Å². The number of nitrogens with one attached hydrogen (secondary N) is 1. The van der Waals surface area contributed by atoms with Crippen molar-refractivity contribution < 1.29 is 14.3 Å². The molecular weight excluding hydrogens is 426 g/mol. The minimum atomic E-state index is -0.217. The summed E-state index contributed by atoms with van der Waals surface area (Å²) in [6, 6.07) is 5.60. The number of carbonyl (C=O) groups excluding carboxylic acids is 1. The highest BCUT2D eigenvalue weighted by Gasteiger charge is 2.24. The Bertz CT molecular complexity index is 1230. The van der Waals surface area contributed by atoms with E-state index in [1.807, 2.05) is 18.2 Å². The maximum atomic E-state index is 13.1. The van der Waals surface area contributed by atoms with Crippen molar-refractivity contribution in [2.24, 2.45) is 5.92 Å². The summed E-state index contributed by atoms with van der Waals surface area (Å²) in [5.41, 5.74) is 1.96. The van der Waals surface area contributed by atoms with E-state index >= 15 is 0 Å². The summed E-state index contributed by atoms with van der Waals surface area (Å²) in [4.78, 5) is 32.5. The lowest BCUT2D eigenvalue weighted by Crippen LogP contribution is -2.36. The molecule has 0 saturated carbocycles. The third-order valence-electron chi connectivity index (χ3n) is 6.12. The van der Waals surface area contributed by atoms with Gasteiger partial charge in [-0.25, -0.2) is 4.98 Å². The van der Waals surface area contributed by atoms with Crippen molar-refractivity contribution in [1.29, 1.82) is 0 Å². The van der Waals surface area contributed by atoms with Crippen LogP contribution >= 0.6 is 11.3 Å². The lowest BCUT2D eigenvalue weighted by Gasteiger charge is -2.24. The van der Waals surface area contributed by atoms with E-state index in [0.717, 1.165) is 47.4 Å². The summed E-state index contributed by atoms with van der Waals surface area (Å²) < 4.78 is 13.0. The van der Waals surface area contributed by atoms with Gasteiger partial charge in [0.05, 0.1) is 31.0 Å². The summed E-state index contributed by atoms with van der Waals surface area (Å²) in [6.07, 6.45) is 5.35. The van der Waals surface area contributed by atoms with Crippen LogP contribution in [0.15, 0.2) is 29.3 Å². The average molecular weight is 454 g/mol. The van der Waals surface area contributed by atoms with Crippen molar-refractivity contribution in [3.63, 3.8) is 0 Å². The molecule has 1 aliphatic heterocycles. The third kappa shape index (κ3) is 3.88. The third-order valence-corrected chi connectivity index (χ3v) is 7.32. The number of benzene rings is 1. The number of amides is 1. The summed E-state index contributed by atoms with van der Waals surface area (Å²) in [7, 11) is 0. The van der Waals surface area contributed by atoms with Gasteiger partial charge in [-0.3, -0.25) is 14.2 Å². The summed E-state index contributed by atoms with van der Waals surface area (Å²) >= 11 is 1.61.